The second kappa shape index (κ2) is 15.1. The molecule has 5 rings (SSSR count). The van der Waals surface area contributed by atoms with Gasteiger partial charge in [-0.25, -0.2) is 4.39 Å². The molecule has 2 atom stereocenters. The number of fused-ring (bicyclic) bond motifs is 1. The molecule has 274 valence electrons. The fraction of sp³-hybridized carbons (Fsp3) is 0.571. The molecule has 0 spiro atoms. The van der Waals surface area contributed by atoms with Gasteiger partial charge < -0.3 is 19.3 Å². The number of halogens is 1. The molecule has 2 N–H and O–H groups in total. The molecule has 5 nitrogen and oxygen atoms in total. The van der Waals surface area contributed by atoms with E-state index >= 15 is 4.39 Å². The van der Waals surface area contributed by atoms with Gasteiger partial charge in [0.2, 0.25) is 16.6 Å². The first-order valence-corrected chi connectivity index (χ1v) is 24.7. The molecular formula is C42H63FN2O3Si2. The van der Waals surface area contributed by atoms with Gasteiger partial charge in [0.05, 0.1) is 6.04 Å². The SMILES string of the molecule is CC(C)(C)[Si](C)(C)Oc1ccc2c(c1)CCC(c1ccc(O[Si](C)(C)C(C)(C)C)cc1C(N)c1ccc(OCCN3CCCCC3)c(F)c1)C2. The number of nitrogens with zero attached hydrogens (tertiary/aromatic N) is 1. The van der Waals surface area contributed by atoms with Crippen molar-refractivity contribution in [2.24, 2.45) is 5.73 Å². The number of piperidine rings is 1. The van der Waals surface area contributed by atoms with Crippen LogP contribution in [0.5, 0.6) is 17.2 Å². The van der Waals surface area contributed by atoms with Crippen molar-refractivity contribution in [1.82, 2.24) is 4.90 Å². The highest BCUT2D eigenvalue weighted by Gasteiger charge is 2.40. The van der Waals surface area contributed by atoms with Crippen molar-refractivity contribution < 1.29 is 18.0 Å². The predicted molar refractivity (Wildman–Crippen MR) is 212 cm³/mol. The molecule has 0 aromatic heterocycles. The number of hydrogen-bond acceptors (Lipinski definition) is 5. The molecule has 1 fully saturated rings. The summed E-state index contributed by atoms with van der Waals surface area (Å²) in [5, 5.41) is 0.202. The molecule has 1 aliphatic heterocycles. The van der Waals surface area contributed by atoms with Gasteiger partial charge in [-0.05, 0) is 152 Å². The Morgan fingerprint density at radius 1 is 0.800 bits per heavy atom. The Balaban J connectivity index is 1.40. The number of likely N-dealkylation sites (tertiary alicyclic amines) is 1. The second-order valence-electron chi connectivity index (χ2n) is 17.8. The minimum atomic E-state index is -2.09. The summed E-state index contributed by atoms with van der Waals surface area (Å²) in [6, 6.07) is 17.9. The molecule has 2 unspecified atom stereocenters. The smallest absolute Gasteiger partial charge is 0.250 e. The van der Waals surface area contributed by atoms with Crippen LogP contribution in [0.2, 0.25) is 36.3 Å². The van der Waals surface area contributed by atoms with Crippen LogP contribution in [-0.4, -0.2) is 47.8 Å². The molecule has 0 radical (unpaired) electrons. The van der Waals surface area contributed by atoms with Crippen LogP contribution in [0.25, 0.3) is 0 Å². The zero-order chi connectivity index (χ0) is 36.5. The lowest BCUT2D eigenvalue weighted by atomic mass is 9.77. The fourth-order valence-corrected chi connectivity index (χ4v) is 8.73. The zero-order valence-electron chi connectivity index (χ0n) is 32.5. The van der Waals surface area contributed by atoms with E-state index in [1.54, 1.807) is 12.1 Å². The lowest BCUT2D eigenvalue weighted by molar-refractivity contribution is 0.180. The summed E-state index contributed by atoms with van der Waals surface area (Å²) >= 11 is 0. The highest BCUT2D eigenvalue weighted by molar-refractivity contribution is 6.75. The van der Waals surface area contributed by atoms with Crippen LogP contribution in [0.3, 0.4) is 0 Å². The van der Waals surface area contributed by atoms with Crippen molar-refractivity contribution in [3.05, 3.63) is 88.2 Å². The lowest BCUT2D eigenvalue weighted by Gasteiger charge is -2.37. The number of aryl methyl sites for hydroxylation is 1. The van der Waals surface area contributed by atoms with Crippen LogP contribution in [0.1, 0.15) is 107 Å². The maximum atomic E-state index is 15.5. The molecule has 3 aromatic rings. The van der Waals surface area contributed by atoms with Crippen LogP contribution in [0, 0.1) is 5.82 Å². The Hall–Kier alpha value is -2.66. The van der Waals surface area contributed by atoms with Crippen molar-refractivity contribution in [1.29, 1.82) is 0 Å². The van der Waals surface area contributed by atoms with Gasteiger partial charge >= 0.3 is 0 Å². The third-order valence-electron chi connectivity index (χ3n) is 12.0. The molecule has 1 saturated heterocycles. The summed E-state index contributed by atoms with van der Waals surface area (Å²) in [6.45, 7) is 26.2. The van der Waals surface area contributed by atoms with E-state index in [0.717, 1.165) is 61.5 Å². The van der Waals surface area contributed by atoms with E-state index in [2.05, 4.69) is 109 Å². The zero-order valence-corrected chi connectivity index (χ0v) is 34.5. The Morgan fingerprint density at radius 2 is 1.42 bits per heavy atom. The minimum Gasteiger partial charge on any atom is -0.543 e. The van der Waals surface area contributed by atoms with Crippen LogP contribution < -0.4 is 19.3 Å². The van der Waals surface area contributed by atoms with E-state index in [1.165, 1.54) is 36.0 Å². The van der Waals surface area contributed by atoms with E-state index < -0.39 is 22.7 Å². The first-order valence-electron chi connectivity index (χ1n) is 18.9. The molecule has 0 amide bonds. The molecule has 2 aliphatic rings. The van der Waals surface area contributed by atoms with Crippen LogP contribution >= 0.6 is 0 Å². The van der Waals surface area contributed by atoms with Gasteiger partial charge in [-0.1, -0.05) is 66.2 Å². The quantitative estimate of drug-likeness (QED) is 0.200. The van der Waals surface area contributed by atoms with E-state index in [0.29, 0.717) is 12.5 Å². The average molecular weight is 719 g/mol. The van der Waals surface area contributed by atoms with Crippen molar-refractivity contribution >= 4 is 16.6 Å². The molecule has 0 saturated carbocycles. The second-order valence-corrected chi connectivity index (χ2v) is 27.3. The summed E-state index contributed by atoms with van der Waals surface area (Å²) in [4.78, 5) is 2.40. The number of benzene rings is 3. The molecular weight excluding hydrogens is 656 g/mol. The molecule has 0 bridgehead atoms. The van der Waals surface area contributed by atoms with Crippen molar-refractivity contribution in [3.63, 3.8) is 0 Å². The minimum absolute atomic E-state index is 0.0567. The summed E-state index contributed by atoms with van der Waals surface area (Å²) in [5.74, 6) is 2.04. The number of ether oxygens (including phenoxy) is 1. The van der Waals surface area contributed by atoms with Gasteiger partial charge in [0.25, 0.3) is 0 Å². The summed E-state index contributed by atoms with van der Waals surface area (Å²) in [7, 11) is -4.02. The van der Waals surface area contributed by atoms with Crippen LogP contribution in [-0.2, 0) is 12.8 Å². The highest BCUT2D eigenvalue weighted by atomic mass is 28.4. The van der Waals surface area contributed by atoms with Gasteiger partial charge in [-0.3, -0.25) is 4.90 Å². The molecule has 50 heavy (non-hydrogen) atoms. The Kier molecular flexibility index (Phi) is 11.7. The van der Waals surface area contributed by atoms with Gasteiger partial charge in [0, 0.05) is 6.54 Å². The summed E-state index contributed by atoms with van der Waals surface area (Å²) in [5.41, 5.74) is 12.8. The topological polar surface area (TPSA) is 57.0 Å². The van der Waals surface area contributed by atoms with Gasteiger partial charge in [-0.2, -0.15) is 0 Å². The number of nitrogens with two attached hydrogens (primary N) is 1. The van der Waals surface area contributed by atoms with Gasteiger partial charge in [0.1, 0.15) is 18.1 Å². The van der Waals surface area contributed by atoms with E-state index in [1.807, 2.05) is 6.07 Å². The van der Waals surface area contributed by atoms with Crippen molar-refractivity contribution in [3.8, 4) is 17.2 Å². The first-order chi connectivity index (χ1) is 23.3. The standard InChI is InChI=1S/C42H63FN2O3Si2/c1-41(2,3)49(7,8)47-34-18-16-30-26-32(15-14-31(30)27-34)36-20-19-35(48-50(9,10)42(4,5)6)29-37(36)40(44)33-17-21-39(38(43)28-33)46-25-24-45-22-12-11-13-23-45/h16-21,27-29,32,40H,11-15,22-26,44H2,1-10H3. The summed E-state index contributed by atoms with van der Waals surface area (Å²) < 4.78 is 34.9. The van der Waals surface area contributed by atoms with E-state index in [4.69, 9.17) is 19.3 Å². The van der Waals surface area contributed by atoms with Crippen molar-refractivity contribution in [2.45, 2.75) is 128 Å². The highest BCUT2D eigenvalue weighted by Crippen LogP contribution is 2.43. The largest absolute Gasteiger partial charge is 0.543 e. The third-order valence-corrected chi connectivity index (χ3v) is 20.7. The van der Waals surface area contributed by atoms with Crippen LogP contribution in [0.15, 0.2) is 54.6 Å². The molecule has 8 heteroatoms. The Morgan fingerprint density at radius 3 is 2.04 bits per heavy atom. The fourth-order valence-electron chi connectivity index (χ4n) is 6.69. The summed E-state index contributed by atoms with van der Waals surface area (Å²) in [6.07, 6.45) is 6.66. The maximum Gasteiger partial charge on any atom is 0.250 e. The monoisotopic (exact) mass is 718 g/mol. The third kappa shape index (κ3) is 9.03. The Labute approximate surface area is 304 Å². The normalized spacial score (nSPS) is 18.4. The molecule has 1 heterocycles. The number of hydrogen-bond donors (Lipinski definition) is 1. The van der Waals surface area contributed by atoms with E-state index in [9.17, 15) is 0 Å². The maximum absolute atomic E-state index is 15.5. The predicted octanol–water partition coefficient (Wildman–Crippen LogP) is 10.8. The van der Waals surface area contributed by atoms with E-state index in [-0.39, 0.29) is 21.6 Å². The average Bonchev–Trinajstić information content (AvgIpc) is 3.04. The van der Waals surface area contributed by atoms with Crippen molar-refractivity contribution in [2.75, 3.05) is 26.2 Å². The Bertz CT molecular complexity index is 1620. The molecule has 1 aliphatic carbocycles. The lowest BCUT2D eigenvalue weighted by Crippen LogP contribution is -2.43. The first kappa shape index (κ1) is 38.6. The number of rotatable bonds is 11. The van der Waals surface area contributed by atoms with Gasteiger partial charge in [-0.15, -0.1) is 0 Å². The van der Waals surface area contributed by atoms with Crippen LogP contribution in [0.4, 0.5) is 4.39 Å². The molecule has 3 aromatic carbocycles. The van der Waals surface area contributed by atoms with Gasteiger partial charge in [0.15, 0.2) is 11.6 Å².